The molecule has 0 spiro atoms. The highest BCUT2D eigenvalue weighted by atomic mass is 16.5. The highest BCUT2D eigenvalue weighted by molar-refractivity contribution is 5.94. The van der Waals surface area contributed by atoms with Gasteiger partial charge in [0, 0.05) is 18.6 Å². The molecule has 0 saturated heterocycles. The average molecular weight is 250 g/mol. The Bertz CT molecular complexity index is 416. The van der Waals surface area contributed by atoms with Gasteiger partial charge in [-0.05, 0) is 36.1 Å². The van der Waals surface area contributed by atoms with Gasteiger partial charge in [0.15, 0.2) is 5.78 Å². The number of aliphatic hydroxyl groups excluding tert-OH is 1. The van der Waals surface area contributed by atoms with Crippen LogP contribution >= 0.6 is 0 Å². The third-order valence-corrected chi connectivity index (χ3v) is 2.75. The SMILES string of the molecule is CC(=O)c1cc(OCCCO)cc(C(C)(C)C)c1. The predicted molar refractivity (Wildman–Crippen MR) is 72.3 cm³/mol. The molecule has 0 heterocycles. The van der Waals surface area contributed by atoms with Gasteiger partial charge in [-0.25, -0.2) is 0 Å². The van der Waals surface area contributed by atoms with Crippen LogP contribution in [0.15, 0.2) is 18.2 Å². The standard InChI is InChI=1S/C15H22O3/c1-11(17)12-8-13(15(2,3)4)10-14(9-12)18-7-5-6-16/h8-10,16H,5-7H2,1-4H3. The fourth-order valence-electron chi connectivity index (χ4n) is 1.57. The van der Waals surface area contributed by atoms with Crippen LogP contribution in [0, 0.1) is 0 Å². The Morgan fingerprint density at radius 2 is 1.94 bits per heavy atom. The lowest BCUT2D eigenvalue weighted by Gasteiger charge is -2.21. The Balaban J connectivity index is 3.03. The van der Waals surface area contributed by atoms with E-state index in [2.05, 4.69) is 20.8 Å². The van der Waals surface area contributed by atoms with Crippen LogP contribution in [0.2, 0.25) is 0 Å². The largest absolute Gasteiger partial charge is 0.493 e. The molecule has 1 aromatic rings. The maximum absolute atomic E-state index is 11.5. The molecule has 0 aliphatic rings. The zero-order valence-electron chi connectivity index (χ0n) is 11.6. The van der Waals surface area contributed by atoms with E-state index in [1.807, 2.05) is 12.1 Å². The molecule has 0 aliphatic carbocycles. The minimum Gasteiger partial charge on any atom is -0.493 e. The van der Waals surface area contributed by atoms with Crippen LogP contribution in [-0.4, -0.2) is 24.1 Å². The van der Waals surface area contributed by atoms with E-state index < -0.39 is 0 Å². The Kier molecular flexibility index (Phi) is 4.91. The van der Waals surface area contributed by atoms with Crippen molar-refractivity contribution < 1.29 is 14.6 Å². The molecule has 3 nitrogen and oxygen atoms in total. The fourth-order valence-corrected chi connectivity index (χ4v) is 1.57. The molecular weight excluding hydrogens is 228 g/mol. The molecule has 0 amide bonds. The summed E-state index contributed by atoms with van der Waals surface area (Å²) in [4.78, 5) is 11.5. The van der Waals surface area contributed by atoms with Crippen molar-refractivity contribution >= 4 is 5.78 Å². The second-order valence-electron chi connectivity index (χ2n) is 5.48. The van der Waals surface area contributed by atoms with Crippen LogP contribution < -0.4 is 4.74 Å². The Morgan fingerprint density at radius 1 is 1.28 bits per heavy atom. The summed E-state index contributed by atoms with van der Waals surface area (Å²) in [6.07, 6.45) is 0.592. The summed E-state index contributed by atoms with van der Waals surface area (Å²) in [5.74, 6) is 0.731. The number of ketones is 1. The summed E-state index contributed by atoms with van der Waals surface area (Å²) in [6, 6.07) is 5.64. The van der Waals surface area contributed by atoms with E-state index in [9.17, 15) is 4.79 Å². The van der Waals surface area contributed by atoms with E-state index in [4.69, 9.17) is 9.84 Å². The van der Waals surface area contributed by atoms with Crippen molar-refractivity contribution in [2.24, 2.45) is 0 Å². The van der Waals surface area contributed by atoms with Gasteiger partial charge in [-0.15, -0.1) is 0 Å². The van der Waals surface area contributed by atoms with Crippen molar-refractivity contribution in [1.82, 2.24) is 0 Å². The van der Waals surface area contributed by atoms with E-state index >= 15 is 0 Å². The molecule has 0 aromatic heterocycles. The Morgan fingerprint density at radius 3 is 2.44 bits per heavy atom. The van der Waals surface area contributed by atoms with Crippen molar-refractivity contribution in [2.45, 2.75) is 39.5 Å². The molecule has 0 aliphatic heterocycles. The Labute approximate surface area is 109 Å². The molecular formula is C15H22O3. The normalized spacial score (nSPS) is 11.4. The number of carbonyl (C=O) groups is 1. The average Bonchev–Trinajstić information content (AvgIpc) is 2.28. The van der Waals surface area contributed by atoms with Gasteiger partial charge in [0.05, 0.1) is 6.61 Å². The first-order valence-electron chi connectivity index (χ1n) is 6.25. The van der Waals surface area contributed by atoms with Crippen molar-refractivity contribution in [3.8, 4) is 5.75 Å². The third kappa shape index (κ3) is 4.15. The van der Waals surface area contributed by atoms with Crippen LogP contribution in [0.1, 0.15) is 50.0 Å². The second-order valence-corrected chi connectivity index (χ2v) is 5.48. The molecule has 0 atom stereocenters. The lowest BCUT2D eigenvalue weighted by atomic mass is 9.85. The van der Waals surface area contributed by atoms with Gasteiger partial charge in [-0.2, -0.15) is 0 Å². The molecule has 0 saturated carbocycles. The van der Waals surface area contributed by atoms with Crippen LogP contribution in [0.5, 0.6) is 5.75 Å². The van der Waals surface area contributed by atoms with Crippen LogP contribution in [0.4, 0.5) is 0 Å². The number of hydrogen-bond donors (Lipinski definition) is 1. The predicted octanol–water partition coefficient (Wildman–Crippen LogP) is 2.95. The zero-order chi connectivity index (χ0) is 13.8. The number of ether oxygens (including phenoxy) is 1. The smallest absolute Gasteiger partial charge is 0.159 e. The van der Waals surface area contributed by atoms with Crippen LogP contribution in [0.3, 0.4) is 0 Å². The maximum atomic E-state index is 11.5. The summed E-state index contributed by atoms with van der Waals surface area (Å²) in [5, 5.41) is 8.74. The Hall–Kier alpha value is -1.35. The first kappa shape index (κ1) is 14.7. The van der Waals surface area contributed by atoms with Crippen molar-refractivity contribution in [3.05, 3.63) is 29.3 Å². The van der Waals surface area contributed by atoms with Gasteiger partial charge in [0.1, 0.15) is 5.75 Å². The minimum atomic E-state index is -0.0272. The van der Waals surface area contributed by atoms with E-state index in [0.717, 1.165) is 5.56 Å². The summed E-state index contributed by atoms with van der Waals surface area (Å²) in [6.45, 7) is 8.43. The molecule has 0 bridgehead atoms. The summed E-state index contributed by atoms with van der Waals surface area (Å²) >= 11 is 0. The lowest BCUT2D eigenvalue weighted by molar-refractivity contribution is 0.101. The van der Waals surface area contributed by atoms with Gasteiger partial charge in [-0.3, -0.25) is 4.79 Å². The van der Waals surface area contributed by atoms with Gasteiger partial charge >= 0.3 is 0 Å². The van der Waals surface area contributed by atoms with E-state index in [1.165, 1.54) is 0 Å². The highest BCUT2D eigenvalue weighted by Crippen LogP contribution is 2.28. The van der Waals surface area contributed by atoms with E-state index in [0.29, 0.717) is 24.3 Å². The number of Topliss-reactive ketones (excluding diaryl/α,β-unsaturated/α-hetero) is 1. The van der Waals surface area contributed by atoms with Gasteiger partial charge in [0.2, 0.25) is 0 Å². The van der Waals surface area contributed by atoms with Crippen LogP contribution in [-0.2, 0) is 5.41 Å². The van der Waals surface area contributed by atoms with Crippen molar-refractivity contribution in [2.75, 3.05) is 13.2 Å². The van der Waals surface area contributed by atoms with Gasteiger partial charge in [0.25, 0.3) is 0 Å². The number of carbonyl (C=O) groups excluding carboxylic acids is 1. The molecule has 3 heteroatoms. The second kappa shape index (κ2) is 6.01. The van der Waals surface area contributed by atoms with E-state index in [-0.39, 0.29) is 17.8 Å². The number of benzene rings is 1. The van der Waals surface area contributed by atoms with Gasteiger partial charge < -0.3 is 9.84 Å². The molecule has 1 aromatic carbocycles. The monoisotopic (exact) mass is 250 g/mol. The molecule has 1 rings (SSSR count). The number of rotatable bonds is 5. The summed E-state index contributed by atoms with van der Waals surface area (Å²) in [7, 11) is 0. The molecule has 0 radical (unpaired) electrons. The molecule has 0 unspecified atom stereocenters. The first-order valence-corrected chi connectivity index (χ1v) is 6.25. The van der Waals surface area contributed by atoms with Gasteiger partial charge in [-0.1, -0.05) is 20.8 Å². The topological polar surface area (TPSA) is 46.5 Å². The first-order chi connectivity index (χ1) is 8.34. The van der Waals surface area contributed by atoms with Crippen LogP contribution in [0.25, 0.3) is 0 Å². The molecule has 18 heavy (non-hydrogen) atoms. The third-order valence-electron chi connectivity index (χ3n) is 2.75. The molecule has 100 valence electrons. The lowest BCUT2D eigenvalue weighted by Crippen LogP contribution is -2.13. The number of aliphatic hydroxyl groups is 1. The summed E-state index contributed by atoms with van der Waals surface area (Å²) < 4.78 is 5.56. The minimum absolute atomic E-state index is 0.0272. The quantitative estimate of drug-likeness (QED) is 0.645. The highest BCUT2D eigenvalue weighted by Gasteiger charge is 2.16. The number of hydrogen-bond acceptors (Lipinski definition) is 3. The zero-order valence-corrected chi connectivity index (χ0v) is 11.6. The fraction of sp³-hybridized carbons (Fsp3) is 0.533. The van der Waals surface area contributed by atoms with E-state index in [1.54, 1.807) is 13.0 Å². The molecule has 1 N–H and O–H groups in total. The van der Waals surface area contributed by atoms with Crippen molar-refractivity contribution in [1.29, 1.82) is 0 Å². The molecule has 0 fully saturated rings. The summed E-state index contributed by atoms with van der Waals surface area (Å²) in [5.41, 5.74) is 1.72. The van der Waals surface area contributed by atoms with Crippen molar-refractivity contribution in [3.63, 3.8) is 0 Å². The maximum Gasteiger partial charge on any atom is 0.159 e.